The van der Waals surface area contributed by atoms with Gasteiger partial charge in [0.05, 0.1) is 18.5 Å². The van der Waals surface area contributed by atoms with E-state index in [0.717, 1.165) is 5.56 Å². The third kappa shape index (κ3) is 28.3. The van der Waals surface area contributed by atoms with Crippen LogP contribution in [0.1, 0.15) is 143 Å². The van der Waals surface area contributed by atoms with Gasteiger partial charge in [0, 0.05) is 19.4 Å². The fourth-order valence-electron chi connectivity index (χ4n) is 10.1. The van der Waals surface area contributed by atoms with E-state index in [1.54, 1.807) is 59.7 Å². The topological polar surface area (TPSA) is 519 Å². The van der Waals surface area contributed by atoms with Gasteiger partial charge in [0.1, 0.15) is 71.9 Å². The Morgan fingerprint density at radius 2 is 1.12 bits per heavy atom. The molecule has 13 atom stereocenters. The minimum Gasteiger partial charge on any atom is -0.508 e. The highest BCUT2D eigenvalue weighted by Crippen LogP contribution is 2.24. The van der Waals surface area contributed by atoms with Crippen LogP contribution in [0.2, 0.25) is 0 Å². The van der Waals surface area contributed by atoms with Crippen molar-refractivity contribution in [2.75, 3.05) is 18.6 Å². The quantitative estimate of drug-likeness (QED) is 0.0202. The molecular weight excluding hydrogens is 1300 g/mol. The molecular formula is C65H100N14O18S. The average molecular weight is 1400 g/mol. The van der Waals surface area contributed by atoms with Gasteiger partial charge in [0.25, 0.3) is 0 Å². The van der Waals surface area contributed by atoms with E-state index in [4.69, 9.17) is 21.9 Å². The van der Waals surface area contributed by atoms with Crippen molar-refractivity contribution in [2.45, 2.75) is 218 Å². The number of aliphatic carboxylic acids is 2. The smallest absolute Gasteiger partial charge is 0.334 e. The Bertz CT molecular complexity index is 3100. The molecule has 32 nitrogen and oxygen atoms in total. The number of ether oxygens (including phenoxy) is 1. The first-order valence-corrected chi connectivity index (χ1v) is 34.2. The van der Waals surface area contributed by atoms with Gasteiger partial charge in [-0.05, 0) is 143 Å². The Kier molecular flexibility index (Phi) is 35.7. The number of primary amides is 1. The summed E-state index contributed by atoms with van der Waals surface area (Å²) in [6.45, 7) is 13.0. The second kappa shape index (κ2) is 42.0. The first kappa shape index (κ1) is 83.3. The van der Waals surface area contributed by atoms with Crippen molar-refractivity contribution in [1.29, 1.82) is 0 Å². The number of fused-ring (bicyclic) bond motifs is 1. The minimum absolute atomic E-state index is 0.104. The molecule has 33 heteroatoms. The second-order valence-electron chi connectivity index (χ2n) is 24.7. The highest BCUT2D eigenvalue weighted by atomic mass is 32.2. The predicted octanol–water partition coefficient (Wildman–Crippen LogP) is -1.61. The van der Waals surface area contributed by atoms with Gasteiger partial charge in [0.2, 0.25) is 65.0 Å². The van der Waals surface area contributed by atoms with Crippen LogP contribution in [0.25, 0.3) is 0 Å². The maximum Gasteiger partial charge on any atom is 0.334 e. The van der Waals surface area contributed by atoms with Crippen molar-refractivity contribution >= 4 is 94.6 Å². The lowest BCUT2D eigenvalue weighted by molar-refractivity contribution is -0.141. The van der Waals surface area contributed by atoms with Crippen molar-refractivity contribution in [3.8, 4) is 11.5 Å². The number of hydrogen-bond donors (Lipinski definition) is 17. The monoisotopic (exact) mass is 1400 g/mol. The van der Waals surface area contributed by atoms with Gasteiger partial charge >= 0.3 is 17.9 Å². The van der Waals surface area contributed by atoms with Gasteiger partial charge in [0.15, 0.2) is 0 Å². The Morgan fingerprint density at radius 1 is 0.582 bits per heavy atom. The zero-order valence-corrected chi connectivity index (χ0v) is 57.9. The molecule has 0 saturated heterocycles. The van der Waals surface area contributed by atoms with Gasteiger partial charge in [-0.2, -0.15) is 11.8 Å². The summed E-state index contributed by atoms with van der Waals surface area (Å²) in [7, 11) is 0. The molecule has 0 aromatic heterocycles. The van der Waals surface area contributed by atoms with Crippen LogP contribution in [0.4, 0.5) is 0 Å². The van der Waals surface area contributed by atoms with Gasteiger partial charge < -0.3 is 95.7 Å². The zero-order chi connectivity index (χ0) is 73.5. The summed E-state index contributed by atoms with van der Waals surface area (Å²) < 4.78 is 5.68. The van der Waals surface area contributed by atoms with Gasteiger partial charge in [-0.15, -0.1) is 0 Å². The molecule has 11 amide bonds. The van der Waals surface area contributed by atoms with Crippen molar-refractivity contribution in [1.82, 2.24) is 58.5 Å². The molecule has 2 aromatic carbocycles. The van der Waals surface area contributed by atoms with Crippen LogP contribution in [-0.2, 0) is 86.5 Å². The summed E-state index contributed by atoms with van der Waals surface area (Å²) in [5, 5.41) is 58.0. The van der Waals surface area contributed by atoms with E-state index in [0.29, 0.717) is 42.6 Å². The summed E-state index contributed by atoms with van der Waals surface area (Å²) in [5.41, 5.74) is 18.9. The molecule has 0 saturated carbocycles. The molecule has 20 N–H and O–H groups in total. The summed E-state index contributed by atoms with van der Waals surface area (Å²) in [4.78, 5) is 187. The fourth-order valence-corrected chi connectivity index (χ4v) is 10.6. The number of carboxylic acid groups (broad SMARTS) is 2. The van der Waals surface area contributed by atoms with E-state index in [2.05, 4.69) is 58.5 Å². The largest absolute Gasteiger partial charge is 0.508 e. The first-order chi connectivity index (χ1) is 46.2. The third-order valence-electron chi connectivity index (χ3n) is 16.3. The number of rotatable bonds is 43. The van der Waals surface area contributed by atoms with Crippen molar-refractivity contribution in [3.05, 3.63) is 59.2 Å². The number of hydrogen-bond acceptors (Lipinski definition) is 20. The van der Waals surface area contributed by atoms with E-state index < -0.39 is 181 Å². The molecule has 2 aromatic rings. The Balaban J connectivity index is 1.80. The number of carboxylic acids is 2. The van der Waals surface area contributed by atoms with E-state index in [-0.39, 0.29) is 69.0 Å². The molecule has 0 radical (unpaired) electrons. The molecule has 1 heterocycles. The number of phenols is 1. The molecule has 98 heavy (non-hydrogen) atoms. The second-order valence-corrected chi connectivity index (χ2v) is 25.7. The number of thioether (sulfide) groups is 1. The lowest BCUT2D eigenvalue weighted by Gasteiger charge is -2.30. The molecule has 1 unspecified atom stereocenters. The van der Waals surface area contributed by atoms with Gasteiger partial charge in [-0.3, -0.25) is 62.3 Å². The molecule has 0 aliphatic carbocycles. The van der Waals surface area contributed by atoms with E-state index in [1.165, 1.54) is 49.9 Å². The number of phenolic OH excluding ortho intramolecular Hbond substituents is 1. The van der Waals surface area contributed by atoms with E-state index in [9.17, 15) is 82.4 Å². The number of unbranched alkanes of at least 4 members (excludes halogenated alkanes) is 1. The van der Waals surface area contributed by atoms with E-state index >= 15 is 0 Å². The molecule has 1 aliphatic heterocycles. The summed E-state index contributed by atoms with van der Waals surface area (Å²) in [6.07, 6.45) is 1.17. The normalized spacial score (nSPS) is 16.2. The Hall–Kier alpha value is -8.95. The first-order valence-electron chi connectivity index (χ1n) is 32.8. The number of aromatic hydroxyl groups is 1. The van der Waals surface area contributed by atoms with Crippen LogP contribution in [0.15, 0.2) is 42.5 Å². The number of nitrogens with one attached hydrogen (secondary N) is 11. The number of nitrogens with two attached hydrogens (primary N) is 3. The Labute approximate surface area is 574 Å². The van der Waals surface area contributed by atoms with Crippen LogP contribution in [0.3, 0.4) is 0 Å². The van der Waals surface area contributed by atoms with Crippen LogP contribution < -0.4 is 80.4 Å². The SMILES string of the molecule is CC[C@H](NC(=O)[C@H](C)NC(=O)[C@H](Cc1ccc(O)cc1)NC(=O)[C@H](CCCCN)NC(=O)[C@H](CC(=O)O)NC(=O)[C@H](CC(C)C)NC(=O)[C@H](C)NC(=O)[C@H](CCC(=O)O)NC(=O)[C@@H](NC(=O)C1Cc2ccc(OC(=O)[C@H](CCSC)NC(=O)[C@@H](N)CC)cc2CN1)[C@@H](C)CC)C(N)=O. The number of amides is 11. The summed E-state index contributed by atoms with van der Waals surface area (Å²) in [5.74, 6) is -13.3. The summed E-state index contributed by atoms with van der Waals surface area (Å²) in [6, 6.07) is -5.12. The molecule has 0 spiro atoms. The number of carbonyl (C=O) groups excluding carboxylic acids is 12. The maximum absolute atomic E-state index is 14.2. The Morgan fingerprint density at radius 3 is 1.68 bits per heavy atom. The maximum atomic E-state index is 14.2. The van der Waals surface area contributed by atoms with E-state index in [1.807, 2.05) is 6.26 Å². The van der Waals surface area contributed by atoms with Crippen LogP contribution in [0, 0.1) is 11.8 Å². The molecule has 544 valence electrons. The van der Waals surface area contributed by atoms with Gasteiger partial charge in [-0.1, -0.05) is 66.2 Å². The highest BCUT2D eigenvalue weighted by Gasteiger charge is 2.38. The lowest BCUT2D eigenvalue weighted by atomic mass is 9.93. The molecule has 0 bridgehead atoms. The average Bonchev–Trinajstić information content (AvgIpc) is 0.827. The predicted molar refractivity (Wildman–Crippen MR) is 361 cm³/mol. The van der Waals surface area contributed by atoms with Crippen molar-refractivity contribution < 1.29 is 87.2 Å². The summed E-state index contributed by atoms with van der Waals surface area (Å²) >= 11 is 1.49. The number of carbonyl (C=O) groups is 14. The molecule has 1 aliphatic rings. The van der Waals surface area contributed by atoms with Crippen LogP contribution >= 0.6 is 11.8 Å². The fraction of sp³-hybridized carbons (Fsp3) is 0.600. The zero-order valence-electron chi connectivity index (χ0n) is 57.0. The number of benzene rings is 2. The third-order valence-corrected chi connectivity index (χ3v) is 16.9. The minimum atomic E-state index is -1.90. The number of esters is 1. The highest BCUT2D eigenvalue weighted by molar-refractivity contribution is 7.98. The standard InChI is InChI=1S/C65H100N14O18S/c1-10-34(6)53(79-60(91)47-30-38-18-21-41(29-39(38)32-69-47)97-65(96)46(24-26-98-9)75-57(88)42(67)11-2)64(95)74-45(22-23-51(81)82)58(89)70-36(8)56(87)76-48(27-33(4)5)62(93)78-50(31-52(83)84)63(94)73-44(15-13-14-25-66)59(90)77-49(28-37-16-19-40(80)20-17-37)61(92)71-35(7)55(86)72-43(12-3)54(68)85/h16-21,29,33-36,42-50,53,69,80H,10-15,22-28,30-32,66-67H2,1-9H3,(H2,68,85)(H,70,89)(H,71,92)(H,72,86)(H,73,94)(H,74,95)(H,75,88)(H,76,87)(H,77,90)(H,78,93)(H,79,91)(H,81,82)(H,83,84)/t34-,35-,36-,42-,43-,44-,45-,46-,47?,48-,49-,50-,53-/m0/s1. The molecule has 3 rings (SSSR count). The van der Waals surface area contributed by atoms with Crippen LogP contribution in [0.5, 0.6) is 11.5 Å². The van der Waals surface area contributed by atoms with Crippen LogP contribution in [-0.4, -0.2) is 189 Å². The van der Waals surface area contributed by atoms with Crippen molar-refractivity contribution in [3.63, 3.8) is 0 Å². The van der Waals surface area contributed by atoms with Gasteiger partial charge in [-0.25, -0.2) is 4.79 Å². The van der Waals surface area contributed by atoms with Crippen molar-refractivity contribution in [2.24, 2.45) is 29.0 Å². The molecule has 0 fully saturated rings. The lowest BCUT2D eigenvalue weighted by Crippen LogP contribution is -2.61.